The van der Waals surface area contributed by atoms with E-state index in [1.165, 1.54) is 148 Å². The van der Waals surface area contributed by atoms with Gasteiger partial charge in [-0.1, -0.05) is 110 Å². The molecule has 0 aliphatic carbocycles. The van der Waals surface area contributed by atoms with Crippen LogP contribution in [0.2, 0.25) is 0 Å². The maximum Gasteiger partial charge on any atom is -0.00187 e. The van der Waals surface area contributed by atoms with Crippen molar-refractivity contribution >= 4 is 13.2 Å². The van der Waals surface area contributed by atoms with Crippen LogP contribution in [0.1, 0.15) is 136 Å². The van der Waals surface area contributed by atoms with Gasteiger partial charge in [0.25, 0.3) is 0 Å². The van der Waals surface area contributed by atoms with Crippen molar-refractivity contribution in [1.82, 2.24) is 4.90 Å². The minimum atomic E-state index is -0.815. The lowest BCUT2D eigenvalue weighted by Crippen LogP contribution is -2.27. The van der Waals surface area contributed by atoms with E-state index in [0.29, 0.717) is 0 Å². The number of hydrogen-bond acceptors (Lipinski definition) is 1. The monoisotopic (exact) mass is 441 g/mol. The SMILES string of the molecule is C=P(C)(C)CCCCCN(CCCCCCCCCC)CCCCCCCCCC. The molecular formula is C28H60NP. The van der Waals surface area contributed by atoms with E-state index in [4.69, 9.17) is 0 Å². The Bertz CT molecular complexity index is 353. The molecule has 0 atom stereocenters. The van der Waals surface area contributed by atoms with Crippen LogP contribution in [0.15, 0.2) is 0 Å². The Kier molecular flexibility index (Phi) is 22.6. The van der Waals surface area contributed by atoms with Gasteiger partial charge in [0.05, 0.1) is 0 Å². The molecule has 182 valence electrons. The van der Waals surface area contributed by atoms with E-state index in [9.17, 15) is 0 Å². The summed E-state index contributed by atoms with van der Waals surface area (Å²) in [7, 11) is 0. The molecule has 0 aromatic rings. The third-order valence-electron chi connectivity index (χ3n) is 6.39. The Morgan fingerprint density at radius 2 is 0.767 bits per heavy atom. The highest BCUT2D eigenvalue weighted by Crippen LogP contribution is 2.36. The van der Waals surface area contributed by atoms with Crippen LogP contribution >= 0.6 is 6.89 Å². The van der Waals surface area contributed by atoms with Crippen molar-refractivity contribution in [3.8, 4) is 0 Å². The van der Waals surface area contributed by atoms with E-state index in [-0.39, 0.29) is 0 Å². The van der Waals surface area contributed by atoms with Crippen molar-refractivity contribution in [3.05, 3.63) is 0 Å². The minimum absolute atomic E-state index is 0.815. The number of nitrogens with zero attached hydrogens (tertiary/aromatic N) is 1. The zero-order valence-electron chi connectivity index (χ0n) is 21.9. The van der Waals surface area contributed by atoms with Crippen LogP contribution in [0, 0.1) is 0 Å². The largest absolute Gasteiger partial charge is 0.303 e. The molecule has 0 bridgehead atoms. The van der Waals surface area contributed by atoms with Crippen LogP contribution in [0.5, 0.6) is 0 Å². The summed E-state index contributed by atoms with van der Waals surface area (Å²) in [5.41, 5.74) is 0. The Morgan fingerprint density at radius 1 is 0.467 bits per heavy atom. The van der Waals surface area contributed by atoms with Gasteiger partial charge in [-0.2, -0.15) is 0 Å². The molecule has 0 aromatic heterocycles. The van der Waals surface area contributed by atoms with Crippen molar-refractivity contribution in [2.24, 2.45) is 0 Å². The minimum Gasteiger partial charge on any atom is -0.303 e. The molecule has 0 saturated carbocycles. The van der Waals surface area contributed by atoms with Gasteiger partial charge in [0.2, 0.25) is 0 Å². The quantitative estimate of drug-likeness (QED) is 0.106. The van der Waals surface area contributed by atoms with Crippen LogP contribution in [-0.4, -0.2) is 50.3 Å². The maximum atomic E-state index is 4.37. The molecule has 0 rings (SSSR count). The van der Waals surface area contributed by atoms with Gasteiger partial charge in [0, 0.05) is 0 Å². The molecular weight excluding hydrogens is 381 g/mol. The van der Waals surface area contributed by atoms with E-state index in [0.717, 1.165) is 0 Å². The smallest absolute Gasteiger partial charge is 0.00187 e. The highest BCUT2D eigenvalue weighted by molar-refractivity contribution is 7.72. The lowest BCUT2D eigenvalue weighted by molar-refractivity contribution is 0.255. The first-order chi connectivity index (χ1) is 14.5. The molecule has 2 heteroatoms. The Labute approximate surface area is 193 Å². The standard InChI is InChI=1S/C28H60NP/c1-6-8-10-12-14-16-18-21-25-29(27-23-20-24-28-30(3,4)5)26-22-19-17-15-13-11-9-7-2/h3,6-28H2,1-2,4-5H3. The summed E-state index contributed by atoms with van der Waals surface area (Å²) in [6.07, 6.45) is 32.9. The first-order valence-electron chi connectivity index (χ1n) is 13.9. The zero-order chi connectivity index (χ0) is 22.3. The van der Waals surface area contributed by atoms with Crippen molar-refractivity contribution < 1.29 is 0 Å². The van der Waals surface area contributed by atoms with Crippen LogP contribution in [0.3, 0.4) is 0 Å². The molecule has 0 radical (unpaired) electrons. The lowest BCUT2D eigenvalue weighted by atomic mass is 10.1. The lowest BCUT2D eigenvalue weighted by Gasteiger charge is -2.22. The second kappa shape index (κ2) is 22.5. The van der Waals surface area contributed by atoms with E-state index >= 15 is 0 Å². The summed E-state index contributed by atoms with van der Waals surface area (Å²) in [4.78, 5) is 2.80. The average molecular weight is 442 g/mol. The van der Waals surface area contributed by atoms with Crippen molar-refractivity contribution in [2.75, 3.05) is 39.1 Å². The van der Waals surface area contributed by atoms with Crippen molar-refractivity contribution in [3.63, 3.8) is 0 Å². The molecule has 30 heavy (non-hydrogen) atoms. The van der Waals surface area contributed by atoms with Gasteiger partial charge in [-0.25, -0.2) is 0 Å². The molecule has 0 aliphatic heterocycles. The van der Waals surface area contributed by atoms with Crippen LogP contribution in [0.4, 0.5) is 0 Å². The molecule has 0 aliphatic rings. The van der Waals surface area contributed by atoms with Crippen molar-refractivity contribution in [1.29, 1.82) is 0 Å². The van der Waals surface area contributed by atoms with E-state index in [1.807, 2.05) is 0 Å². The molecule has 0 heterocycles. The highest BCUT2D eigenvalue weighted by atomic mass is 31.2. The van der Waals surface area contributed by atoms with Gasteiger partial charge in [0.1, 0.15) is 0 Å². The van der Waals surface area contributed by atoms with Gasteiger partial charge >= 0.3 is 0 Å². The van der Waals surface area contributed by atoms with E-state index in [1.54, 1.807) is 0 Å². The number of unbranched alkanes of at least 4 members (excludes halogenated alkanes) is 16. The first-order valence-corrected chi connectivity index (χ1v) is 16.9. The molecule has 1 nitrogen and oxygen atoms in total. The normalized spacial score (nSPS) is 12.2. The van der Waals surface area contributed by atoms with Gasteiger partial charge in [-0.05, 0) is 64.8 Å². The topological polar surface area (TPSA) is 3.24 Å². The Balaban J connectivity index is 3.90. The molecule has 0 amide bonds. The Hall–Kier alpha value is 0.260. The van der Waals surface area contributed by atoms with Crippen LogP contribution in [0.25, 0.3) is 0 Å². The fourth-order valence-electron chi connectivity index (χ4n) is 4.33. The van der Waals surface area contributed by atoms with E-state index < -0.39 is 6.89 Å². The fourth-order valence-corrected chi connectivity index (χ4v) is 5.41. The van der Waals surface area contributed by atoms with Crippen LogP contribution < -0.4 is 0 Å². The third kappa shape index (κ3) is 24.5. The fraction of sp³-hybridized carbons (Fsp3) is 0.964. The van der Waals surface area contributed by atoms with Gasteiger partial charge in [-0.15, -0.1) is 13.2 Å². The summed E-state index contributed by atoms with van der Waals surface area (Å²) in [6.45, 7) is 12.6. The second-order valence-electron chi connectivity index (χ2n) is 10.5. The number of rotatable bonds is 24. The second-order valence-corrected chi connectivity index (χ2v) is 14.8. The predicted octanol–water partition coefficient (Wildman–Crippen LogP) is 9.45. The summed E-state index contributed by atoms with van der Waals surface area (Å²) < 4.78 is 0. The summed E-state index contributed by atoms with van der Waals surface area (Å²) in [6, 6.07) is 0. The van der Waals surface area contributed by atoms with Crippen molar-refractivity contribution in [2.45, 2.75) is 136 Å². The molecule has 0 saturated heterocycles. The number of hydrogen-bond donors (Lipinski definition) is 0. The van der Waals surface area contributed by atoms with Gasteiger partial charge < -0.3 is 4.90 Å². The summed E-state index contributed by atoms with van der Waals surface area (Å²) >= 11 is 0. The molecule has 0 N–H and O–H groups in total. The van der Waals surface area contributed by atoms with E-state index in [2.05, 4.69) is 38.4 Å². The molecule has 0 spiro atoms. The first kappa shape index (κ1) is 30.3. The molecule has 0 fully saturated rings. The molecule has 0 unspecified atom stereocenters. The molecule has 0 aromatic carbocycles. The summed E-state index contributed by atoms with van der Waals surface area (Å²) in [5, 5.41) is 0. The van der Waals surface area contributed by atoms with Gasteiger partial charge in [0.15, 0.2) is 0 Å². The predicted molar refractivity (Wildman–Crippen MR) is 146 cm³/mol. The van der Waals surface area contributed by atoms with Crippen LogP contribution in [-0.2, 0) is 0 Å². The average Bonchev–Trinajstić information content (AvgIpc) is 2.70. The Morgan fingerprint density at radius 3 is 1.10 bits per heavy atom. The zero-order valence-corrected chi connectivity index (χ0v) is 22.8. The maximum absolute atomic E-state index is 4.37. The summed E-state index contributed by atoms with van der Waals surface area (Å²) in [5.74, 6) is 0. The third-order valence-corrected chi connectivity index (χ3v) is 7.92. The van der Waals surface area contributed by atoms with Gasteiger partial charge in [-0.3, -0.25) is 0 Å². The highest BCUT2D eigenvalue weighted by Gasteiger charge is 2.06.